The van der Waals surface area contributed by atoms with Gasteiger partial charge in [-0.15, -0.1) is 0 Å². The van der Waals surface area contributed by atoms with Gasteiger partial charge in [0.25, 0.3) is 0 Å². The van der Waals surface area contributed by atoms with Crippen LogP contribution in [0.25, 0.3) is 34.4 Å². The molecule has 8 rings (SSSR count). The third-order valence-electron chi connectivity index (χ3n) is 11.8. The first-order chi connectivity index (χ1) is 29.8. The molecular formula is C60H58N2. The Hall–Kier alpha value is -6.90. The molecule has 0 aromatic heterocycles. The van der Waals surface area contributed by atoms with Gasteiger partial charge in [0.15, 0.2) is 0 Å². The summed E-state index contributed by atoms with van der Waals surface area (Å²) in [5.74, 6) is 0. The highest BCUT2D eigenvalue weighted by atomic mass is 15.1. The highest BCUT2D eigenvalue weighted by Gasteiger charge is 2.18. The molecule has 0 saturated heterocycles. The molecule has 0 fully saturated rings. The van der Waals surface area contributed by atoms with Crippen LogP contribution in [0.2, 0.25) is 0 Å². The van der Waals surface area contributed by atoms with Crippen LogP contribution in [-0.2, 0) is 10.8 Å². The Morgan fingerprint density at radius 1 is 0.274 bits per heavy atom. The van der Waals surface area contributed by atoms with E-state index >= 15 is 0 Å². The molecule has 0 aliphatic carbocycles. The molecule has 0 bridgehead atoms. The van der Waals surface area contributed by atoms with Crippen molar-refractivity contribution in [2.24, 2.45) is 0 Å². The lowest BCUT2D eigenvalue weighted by Crippen LogP contribution is -2.13. The zero-order chi connectivity index (χ0) is 43.4. The predicted octanol–water partition coefficient (Wildman–Crippen LogP) is 17.3. The predicted molar refractivity (Wildman–Crippen MR) is 269 cm³/mol. The zero-order valence-electron chi connectivity index (χ0n) is 37.5. The van der Waals surface area contributed by atoms with Crippen LogP contribution in [0.15, 0.2) is 194 Å². The van der Waals surface area contributed by atoms with Crippen molar-refractivity contribution in [1.29, 1.82) is 0 Å². The molecule has 0 aliphatic heterocycles. The van der Waals surface area contributed by atoms with Crippen LogP contribution in [-0.4, -0.2) is 0 Å². The smallest absolute Gasteiger partial charge is 0.0462 e. The molecule has 0 saturated carbocycles. The first-order valence-electron chi connectivity index (χ1n) is 21.8. The van der Waals surface area contributed by atoms with E-state index in [1.54, 1.807) is 0 Å². The molecule has 8 aromatic rings. The number of rotatable bonds is 10. The van der Waals surface area contributed by atoms with Crippen LogP contribution in [0.1, 0.15) is 74.9 Å². The normalized spacial score (nSPS) is 11.8. The fourth-order valence-corrected chi connectivity index (χ4v) is 7.87. The van der Waals surface area contributed by atoms with Crippen molar-refractivity contribution in [3.05, 3.63) is 228 Å². The van der Waals surface area contributed by atoms with Gasteiger partial charge >= 0.3 is 0 Å². The minimum Gasteiger partial charge on any atom is -0.311 e. The van der Waals surface area contributed by atoms with Crippen molar-refractivity contribution >= 4 is 46.3 Å². The molecule has 0 heterocycles. The molecule has 0 radical (unpaired) electrons. The first kappa shape index (κ1) is 41.8. The van der Waals surface area contributed by atoms with Gasteiger partial charge in [-0.1, -0.05) is 186 Å². The standard InChI is InChI=1S/C60H58N2/c1-43-9-31-53(32-10-43)61(57-39-27-51(28-40-57)59(3,4)5)55-35-23-49(24-36-55)47-19-15-45(16-20-47)13-14-46-17-21-48(22-18-46)50-25-37-56(38-26-50)62(54-33-11-44(2)12-34-54)58-41-29-52(30-42-58)60(6,7)8/h9-42H,1-8H3/b14-13+. The summed E-state index contributed by atoms with van der Waals surface area (Å²) in [6, 6.07) is 71.0. The average Bonchev–Trinajstić information content (AvgIpc) is 3.28. The lowest BCUT2D eigenvalue weighted by molar-refractivity contribution is 0.590. The van der Waals surface area contributed by atoms with Crippen LogP contribution in [0.5, 0.6) is 0 Å². The molecule has 8 aromatic carbocycles. The number of benzene rings is 8. The molecule has 0 aliphatic rings. The second kappa shape index (κ2) is 17.6. The van der Waals surface area contributed by atoms with Crippen molar-refractivity contribution in [3.63, 3.8) is 0 Å². The summed E-state index contributed by atoms with van der Waals surface area (Å²) in [5, 5.41) is 0. The van der Waals surface area contributed by atoms with Crippen molar-refractivity contribution in [1.82, 2.24) is 0 Å². The minimum absolute atomic E-state index is 0.105. The number of aryl methyl sites for hydroxylation is 2. The van der Waals surface area contributed by atoms with E-state index in [0.29, 0.717) is 0 Å². The van der Waals surface area contributed by atoms with Gasteiger partial charge in [0, 0.05) is 34.1 Å². The molecule has 0 N–H and O–H groups in total. The van der Waals surface area contributed by atoms with E-state index in [1.807, 2.05) is 0 Å². The summed E-state index contributed by atoms with van der Waals surface area (Å²) < 4.78 is 0. The summed E-state index contributed by atoms with van der Waals surface area (Å²) in [5.41, 5.74) is 19.3. The second-order valence-electron chi connectivity index (χ2n) is 18.6. The number of hydrogen-bond acceptors (Lipinski definition) is 2. The monoisotopic (exact) mass is 806 g/mol. The first-order valence-corrected chi connectivity index (χ1v) is 21.8. The van der Waals surface area contributed by atoms with Gasteiger partial charge in [0.1, 0.15) is 0 Å². The number of nitrogens with zero attached hydrogens (tertiary/aromatic N) is 2. The van der Waals surface area contributed by atoms with E-state index in [1.165, 1.54) is 55.6 Å². The summed E-state index contributed by atoms with van der Waals surface area (Å²) in [7, 11) is 0. The van der Waals surface area contributed by atoms with Crippen LogP contribution in [0.3, 0.4) is 0 Å². The highest BCUT2D eigenvalue weighted by Crippen LogP contribution is 2.39. The molecule has 308 valence electrons. The molecule has 0 amide bonds. The van der Waals surface area contributed by atoms with E-state index in [9.17, 15) is 0 Å². The summed E-state index contributed by atoms with van der Waals surface area (Å²) in [6.07, 6.45) is 4.38. The van der Waals surface area contributed by atoms with Crippen LogP contribution < -0.4 is 9.80 Å². The van der Waals surface area contributed by atoms with Gasteiger partial charge in [0.2, 0.25) is 0 Å². The number of anilines is 6. The fraction of sp³-hybridized carbons (Fsp3) is 0.167. The largest absolute Gasteiger partial charge is 0.311 e. The Kier molecular flexibility index (Phi) is 11.9. The van der Waals surface area contributed by atoms with Gasteiger partial charge in [-0.25, -0.2) is 0 Å². The van der Waals surface area contributed by atoms with Crippen LogP contribution in [0, 0.1) is 13.8 Å². The Bertz CT molecular complexity index is 2530. The zero-order valence-corrected chi connectivity index (χ0v) is 37.5. The Morgan fingerprint density at radius 3 is 0.726 bits per heavy atom. The molecule has 0 atom stereocenters. The molecule has 2 heteroatoms. The van der Waals surface area contributed by atoms with E-state index in [2.05, 4.69) is 271 Å². The molecule has 0 unspecified atom stereocenters. The van der Waals surface area contributed by atoms with Crippen LogP contribution in [0.4, 0.5) is 34.1 Å². The fourth-order valence-electron chi connectivity index (χ4n) is 7.87. The maximum Gasteiger partial charge on any atom is 0.0462 e. The summed E-state index contributed by atoms with van der Waals surface area (Å²) in [4.78, 5) is 4.67. The van der Waals surface area contributed by atoms with Gasteiger partial charge < -0.3 is 9.80 Å². The Balaban J connectivity index is 0.946. The van der Waals surface area contributed by atoms with E-state index < -0.39 is 0 Å². The number of hydrogen-bond donors (Lipinski definition) is 0. The molecule has 2 nitrogen and oxygen atoms in total. The van der Waals surface area contributed by atoms with E-state index in [0.717, 1.165) is 34.1 Å². The van der Waals surface area contributed by atoms with Crippen molar-refractivity contribution < 1.29 is 0 Å². The summed E-state index contributed by atoms with van der Waals surface area (Å²) in [6.45, 7) is 17.8. The van der Waals surface area contributed by atoms with Crippen molar-refractivity contribution in [2.75, 3.05) is 9.80 Å². The van der Waals surface area contributed by atoms with Crippen molar-refractivity contribution in [2.45, 2.75) is 66.2 Å². The Morgan fingerprint density at radius 2 is 0.484 bits per heavy atom. The van der Waals surface area contributed by atoms with E-state index in [4.69, 9.17) is 0 Å². The quantitative estimate of drug-likeness (QED) is 0.127. The van der Waals surface area contributed by atoms with Gasteiger partial charge in [-0.3, -0.25) is 0 Å². The second-order valence-corrected chi connectivity index (χ2v) is 18.6. The maximum absolute atomic E-state index is 2.33. The SMILES string of the molecule is Cc1ccc(N(c2ccc(-c3ccc(/C=C/c4ccc(-c5ccc(N(c6ccc(C)cc6)c6ccc(C(C)(C)C)cc6)cc5)cc4)cc3)cc2)c2ccc(C(C)(C)C)cc2)cc1. The lowest BCUT2D eigenvalue weighted by Gasteiger charge is -2.27. The minimum atomic E-state index is 0.105. The van der Waals surface area contributed by atoms with E-state index in [-0.39, 0.29) is 10.8 Å². The van der Waals surface area contributed by atoms with Gasteiger partial charge in [0.05, 0.1) is 0 Å². The van der Waals surface area contributed by atoms with Crippen molar-refractivity contribution in [3.8, 4) is 22.3 Å². The third-order valence-corrected chi connectivity index (χ3v) is 11.8. The third kappa shape index (κ3) is 9.67. The topological polar surface area (TPSA) is 6.48 Å². The molecule has 62 heavy (non-hydrogen) atoms. The Labute approximate surface area is 370 Å². The van der Waals surface area contributed by atoms with Gasteiger partial charge in [-0.05, 0) is 142 Å². The maximum atomic E-state index is 2.33. The summed E-state index contributed by atoms with van der Waals surface area (Å²) >= 11 is 0. The highest BCUT2D eigenvalue weighted by molar-refractivity contribution is 5.81. The average molecular weight is 807 g/mol. The molecule has 0 spiro atoms. The van der Waals surface area contributed by atoms with Gasteiger partial charge in [-0.2, -0.15) is 0 Å². The van der Waals surface area contributed by atoms with Crippen LogP contribution >= 0.6 is 0 Å². The molecular weight excluding hydrogens is 749 g/mol. The lowest BCUT2D eigenvalue weighted by atomic mass is 9.87.